The van der Waals surface area contributed by atoms with Crippen molar-refractivity contribution in [1.82, 2.24) is 19.7 Å². The maximum absolute atomic E-state index is 6.14. The number of rotatable bonds is 3. The monoisotopic (exact) mass is 409 g/mol. The standard InChI is InChI=1S/C21H20ClN5S/c22-16-5-3-13(4-6-16)15-8-19(28-12-15)18-10-25-20(23)21-26-17(11-27(18)21)14-2-1-7-24-9-14/h3-6,8,10-12,14,24H,1-2,7,9H2,(H2,23,25)/t14-/m0/s1. The van der Waals surface area contributed by atoms with E-state index in [9.17, 15) is 0 Å². The zero-order chi connectivity index (χ0) is 19.1. The summed E-state index contributed by atoms with van der Waals surface area (Å²) in [4.78, 5) is 10.4. The Kier molecular flexibility index (Phi) is 4.55. The molecule has 0 amide bonds. The van der Waals surface area contributed by atoms with Crippen molar-refractivity contribution in [3.63, 3.8) is 0 Å². The van der Waals surface area contributed by atoms with E-state index in [1.165, 1.54) is 12.0 Å². The van der Waals surface area contributed by atoms with Crippen molar-refractivity contribution in [1.29, 1.82) is 0 Å². The van der Waals surface area contributed by atoms with Gasteiger partial charge >= 0.3 is 0 Å². The summed E-state index contributed by atoms with van der Waals surface area (Å²) >= 11 is 7.71. The number of benzene rings is 1. The molecule has 0 saturated carbocycles. The van der Waals surface area contributed by atoms with E-state index in [-0.39, 0.29) is 0 Å². The number of imidazole rings is 1. The first kappa shape index (κ1) is 17.7. The lowest BCUT2D eigenvalue weighted by atomic mass is 9.97. The average molecular weight is 410 g/mol. The Morgan fingerprint density at radius 3 is 2.86 bits per heavy atom. The Bertz CT molecular complexity index is 1130. The molecule has 0 spiro atoms. The molecule has 0 radical (unpaired) electrons. The molecule has 3 N–H and O–H groups in total. The van der Waals surface area contributed by atoms with Gasteiger partial charge in [0.15, 0.2) is 11.5 Å². The van der Waals surface area contributed by atoms with Crippen LogP contribution in [-0.4, -0.2) is 27.5 Å². The fraction of sp³-hybridized carbons (Fsp3) is 0.238. The predicted octanol–water partition coefficient (Wildman–Crippen LogP) is 4.83. The third-order valence-electron chi connectivity index (χ3n) is 5.28. The number of anilines is 1. The number of nitrogen functional groups attached to an aromatic ring is 1. The van der Waals surface area contributed by atoms with Crippen LogP contribution < -0.4 is 11.1 Å². The topological polar surface area (TPSA) is 68.2 Å². The lowest BCUT2D eigenvalue weighted by Gasteiger charge is -2.20. The molecule has 28 heavy (non-hydrogen) atoms. The van der Waals surface area contributed by atoms with Crippen molar-refractivity contribution in [2.45, 2.75) is 18.8 Å². The summed E-state index contributed by atoms with van der Waals surface area (Å²) in [6.45, 7) is 2.05. The molecule has 1 aliphatic rings. The minimum absolute atomic E-state index is 0.425. The third kappa shape index (κ3) is 3.17. The number of thiophene rings is 1. The number of hydrogen-bond acceptors (Lipinski definition) is 5. The molecule has 0 bridgehead atoms. The number of fused-ring (bicyclic) bond motifs is 1. The lowest BCUT2D eigenvalue weighted by Crippen LogP contribution is -2.28. The highest BCUT2D eigenvalue weighted by molar-refractivity contribution is 7.14. The summed E-state index contributed by atoms with van der Waals surface area (Å²) in [7, 11) is 0. The predicted molar refractivity (Wildman–Crippen MR) is 116 cm³/mol. The van der Waals surface area contributed by atoms with Gasteiger partial charge in [0.05, 0.1) is 22.5 Å². The first-order chi connectivity index (χ1) is 13.7. The normalized spacial score (nSPS) is 17.2. The van der Waals surface area contributed by atoms with E-state index >= 15 is 0 Å². The van der Waals surface area contributed by atoms with Crippen LogP contribution >= 0.6 is 22.9 Å². The Balaban J connectivity index is 1.56. The van der Waals surface area contributed by atoms with Crippen molar-refractivity contribution < 1.29 is 0 Å². The molecule has 5 nitrogen and oxygen atoms in total. The third-order valence-corrected chi connectivity index (χ3v) is 6.49. The van der Waals surface area contributed by atoms with Gasteiger partial charge in [-0.15, -0.1) is 11.3 Å². The number of hydrogen-bond donors (Lipinski definition) is 2. The van der Waals surface area contributed by atoms with E-state index in [0.717, 1.165) is 52.0 Å². The molecule has 5 rings (SSSR count). The van der Waals surface area contributed by atoms with Gasteiger partial charge in [0.25, 0.3) is 0 Å². The molecule has 142 valence electrons. The molecule has 1 fully saturated rings. The van der Waals surface area contributed by atoms with E-state index in [0.29, 0.717) is 11.7 Å². The minimum atomic E-state index is 0.425. The second-order valence-corrected chi connectivity index (χ2v) is 8.49. The zero-order valence-corrected chi connectivity index (χ0v) is 16.8. The van der Waals surface area contributed by atoms with Crippen molar-refractivity contribution in [3.05, 3.63) is 58.8 Å². The molecule has 1 atom stereocenters. The van der Waals surface area contributed by atoms with Gasteiger partial charge in [-0.05, 0) is 54.1 Å². The second kappa shape index (κ2) is 7.20. The van der Waals surface area contributed by atoms with Crippen LogP contribution in [0.2, 0.25) is 5.02 Å². The van der Waals surface area contributed by atoms with Crippen molar-refractivity contribution in [2.75, 3.05) is 18.8 Å². The van der Waals surface area contributed by atoms with Gasteiger partial charge in [-0.25, -0.2) is 9.97 Å². The first-order valence-corrected chi connectivity index (χ1v) is 10.6. The van der Waals surface area contributed by atoms with Crippen LogP contribution in [0.3, 0.4) is 0 Å². The van der Waals surface area contributed by atoms with E-state index in [1.807, 2.05) is 30.5 Å². The van der Waals surface area contributed by atoms with Crippen LogP contribution in [0, 0.1) is 0 Å². The first-order valence-electron chi connectivity index (χ1n) is 9.38. The largest absolute Gasteiger partial charge is 0.381 e. The van der Waals surface area contributed by atoms with Gasteiger partial charge in [-0.2, -0.15) is 0 Å². The van der Waals surface area contributed by atoms with Crippen LogP contribution in [0.15, 0.2) is 48.1 Å². The Hall–Kier alpha value is -2.41. The number of piperidine rings is 1. The number of aromatic nitrogens is 3. The maximum atomic E-state index is 6.14. The van der Waals surface area contributed by atoms with Gasteiger partial charge in [-0.1, -0.05) is 23.7 Å². The highest BCUT2D eigenvalue weighted by Crippen LogP contribution is 2.34. The molecule has 7 heteroatoms. The zero-order valence-electron chi connectivity index (χ0n) is 15.2. The van der Waals surface area contributed by atoms with Crippen molar-refractivity contribution >= 4 is 34.4 Å². The summed E-state index contributed by atoms with van der Waals surface area (Å²) in [5.74, 6) is 0.891. The molecular formula is C21H20ClN5S. The van der Waals surface area contributed by atoms with Crippen molar-refractivity contribution in [2.24, 2.45) is 0 Å². The Morgan fingerprint density at radius 2 is 2.07 bits per heavy atom. The molecule has 0 aliphatic carbocycles. The molecule has 4 aromatic rings. The fourth-order valence-electron chi connectivity index (χ4n) is 3.76. The average Bonchev–Trinajstić information content (AvgIpc) is 3.38. The molecule has 1 saturated heterocycles. The summed E-state index contributed by atoms with van der Waals surface area (Å²) in [6.07, 6.45) is 6.29. The fourth-order valence-corrected chi connectivity index (χ4v) is 4.81. The SMILES string of the molecule is Nc1ncc(-c2cc(-c3ccc(Cl)cc3)cs2)n2cc([C@H]3CCCNC3)nc12. The Morgan fingerprint density at radius 1 is 1.21 bits per heavy atom. The minimum Gasteiger partial charge on any atom is -0.381 e. The van der Waals surface area contributed by atoms with Gasteiger partial charge in [-0.3, -0.25) is 4.40 Å². The number of nitrogens with two attached hydrogens (primary N) is 1. The number of nitrogens with zero attached hydrogens (tertiary/aromatic N) is 3. The summed E-state index contributed by atoms with van der Waals surface area (Å²) in [5, 5.41) is 6.36. The van der Waals surface area contributed by atoms with Gasteiger partial charge in [0, 0.05) is 23.7 Å². The molecular weight excluding hydrogens is 390 g/mol. The van der Waals surface area contributed by atoms with E-state index in [2.05, 4.69) is 32.3 Å². The molecule has 0 unspecified atom stereocenters. The van der Waals surface area contributed by atoms with Gasteiger partial charge < -0.3 is 11.1 Å². The summed E-state index contributed by atoms with van der Waals surface area (Å²) < 4.78 is 2.09. The number of halogens is 1. The molecule has 4 heterocycles. The molecule has 1 aliphatic heterocycles. The Labute approximate surface area is 172 Å². The summed E-state index contributed by atoms with van der Waals surface area (Å²) in [5.41, 5.74) is 11.3. The molecule has 3 aromatic heterocycles. The van der Waals surface area contributed by atoms with E-state index in [1.54, 1.807) is 11.3 Å². The van der Waals surface area contributed by atoms with Crippen LogP contribution in [0.25, 0.3) is 27.3 Å². The lowest BCUT2D eigenvalue weighted by molar-refractivity contribution is 0.456. The van der Waals surface area contributed by atoms with E-state index in [4.69, 9.17) is 22.3 Å². The van der Waals surface area contributed by atoms with Crippen LogP contribution in [0.1, 0.15) is 24.5 Å². The van der Waals surface area contributed by atoms with Crippen LogP contribution in [0.4, 0.5) is 5.82 Å². The van der Waals surface area contributed by atoms with Gasteiger partial charge in [0.2, 0.25) is 0 Å². The molecule has 1 aromatic carbocycles. The van der Waals surface area contributed by atoms with Gasteiger partial charge in [0.1, 0.15) is 0 Å². The highest BCUT2D eigenvalue weighted by atomic mass is 35.5. The smallest absolute Gasteiger partial charge is 0.180 e. The maximum Gasteiger partial charge on any atom is 0.180 e. The van der Waals surface area contributed by atoms with Crippen LogP contribution in [0.5, 0.6) is 0 Å². The number of nitrogens with one attached hydrogen (secondary N) is 1. The second-order valence-electron chi connectivity index (χ2n) is 7.14. The van der Waals surface area contributed by atoms with E-state index < -0.39 is 0 Å². The quantitative estimate of drug-likeness (QED) is 0.508. The van der Waals surface area contributed by atoms with Crippen LogP contribution in [-0.2, 0) is 0 Å². The summed E-state index contributed by atoms with van der Waals surface area (Å²) in [6, 6.07) is 10.1. The highest BCUT2D eigenvalue weighted by Gasteiger charge is 2.20. The van der Waals surface area contributed by atoms with Crippen molar-refractivity contribution in [3.8, 4) is 21.7 Å².